The van der Waals surface area contributed by atoms with Gasteiger partial charge in [-0.15, -0.1) is 11.3 Å². The Hall–Kier alpha value is -3.23. The van der Waals surface area contributed by atoms with Gasteiger partial charge in [0.1, 0.15) is 10.7 Å². The van der Waals surface area contributed by atoms with Gasteiger partial charge in [0.15, 0.2) is 0 Å². The Kier molecular flexibility index (Phi) is 5.87. The van der Waals surface area contributed by atoms with Crippen LogP contribution in [0.15, 0.2) is 53.9 Å². The number of rotatable bonds is 6. The van der Waals surface area contributed by atoms with Crippen molar-refractivity contribution in [3.8, 4) is 10.6 Å². The zero-order valence-electron chi connectivity index (χ0n) is 17.5. The number of amides is 2. The molecule has 3 aromatic rings. The van der Waals surface area contributed by atoms with Crippen LogP contribution in [0.3, 0.4) is 0 Å². The van der Waals surface area contributed by atoms with Crippen LogP contribution in [0.5, 0.6) is 0 Å². The van der Waals surface area contributed by atoms with Gasteiger partial charge < -0.3 is 20.3 Å². The number of morpholine rings is 1. The molecule has 5 rings (SSSR count). The van der Waals surface area contributed by atoms with E-state index in [1.807, 2.05) is 36.4 Å². The number of anilines is 2. The Morgan fingerprint density at radius 1 is 0.969 bits per heavy atom. The monoisotopic (exact) mass is 448 g/mol. The lowest BCUT2D eigenvalue weighted by Gasteiger charge is -2.28. The molecule has 32 heavy (non-hydrogen) atoms. The third kappa shape index (κ3) is 4.81. The molecule has 0 bridgehead atoms. The maximum absolute atomic E-state index is 12.7. The van der Waals surface area contributed by atoms with E-state index in [0.29, 0.717) is 17.3 Å². The van der Waals surface area contributed by atoms with Gasteiger partial charge >= 0.3 is 0 Å². The highest BCUT2D eigenvalue weighted by Gasteiger charge is 2.23. The fourth-order valence-corrected chi connectivity index (χ4v) is 4.35. The first-order valence-electron chi connectivity index (χ1n) is 10.8. The topological polar surface area (TPSA) is 83.6 Å². The van der Waals surface area contributed by atoms with E-state index in [9.17, 15) is 9.59 Å². The Bertz CT molecular complexity index is 1100. The van der Waals surface area contributed by atoms with E-state index in [2.05, 4.69) is 20.5 Å². The number of ether oxygens (including phenoxy) is 1. The minimum Gasteiger partial charge on any atom is -0.378 e. The normalized spacial score (nSPS) is 15.9. The Morgan fingerprint density at radius 2 is 1.69 bits per heavy atom. The molecule has 1 aromatic heterocycles. The van der Waals surface area contributed by atoms with Crippen LogP contribution in [0.4, 0.5) is 11.4 Å². The molecule has 1 saturated carbocycles. The van der Waals surface area contributed by atoms with Gasteiger partial charge in [-0.1, -0.05) is 12.1 Å². The lowest BCUT2D eigenvalue weighted by molar-refractivity contribution is 0.0950. The van der Waals surface area contributed by atoms with Crippen molar-refractivity contribution in [2.24, 2.45) is 0 Å². The zero-order valence-corrected chi connectivity index (χ0v) is 18.4. The van der Waals surface area contributed by atoms with E-state index in [-0.39, 0.29) is 11.8 Å². The Balaban J connectivity index is 1.21. The van der Waals surface area contributed by atoms with Crippen LogP contribution < -0.4 is 15.5 Å². The SMILES string of the molecule is O=C(NC1CC1)c1ccc(-c2nc(C(=O)Nc3ccc(N4CCOCC4)cc3)cs2)cc1. The van der Waals surface area contributed by atoms with Crippen LogP contribution in [-0.2, 0) is 4.74 Å². The van der Waals surface area contributed by atoms with E-state index in [4.69, 9.17) is 4.74 Å². The van der Waals surface area contributed by atoms with E-state index < -0.39 is 0 Å². The van der Waals surface area contributed by atoms with E-state index in [1.54, 1.807) is 17.5 Å². The van der Waals surface area contributed by atoms with Crippen LogP contribution in [-0.4, -0.2) is 49.1 Å². The standard InChI is InChI=1S/C24H24N4O3S/c29-22(25-18-5-6-18)16-1-3-17(4-2-16)24-27-21(15-32-24)23(30)26-19-7-9-20(10-8-19)28-11-13-31-14-12-28/h1-4,7-10,15,18H,5-6,11-14H2,(H,25,29)(H,26,30). The summed E-state index contributed by atoms with van der Waals surface area (Å²) in [5, 5.41) is 8.38. The second-order valence-corrected chi connectivity index (χ2v) is 8.82. The van der Waals surface area contributed by atoms with E-state index >= 15 is 0 Å². The molecule has 0 unspecified atom stereocenters. The zero-order chi connectivity index (χ0) is 21.9. The van der Waals surface area contributed by atoms with Crippen molar-refractivity contribution in [3.05, 3.63) is 65.2 Å². The van der Waals surface area contributed by atoms with Gasteiger partial charge in [-0.05, 0) is 49.2 Å². The van der Waals surface area contributed by atoms with Crippen LogP contribution in [0.2, 0.25) is 0 Å². The lowest BCUT2D eigenvalue weighted by atomic mass is 10.1. The number of aromatic nitrogens is 1. The highest BCUT2D eigenvalue weighted by atomic mass is 32.1. The van der Waals surface area contributed by atoms with Gasteiger partial charge in [0.25, 0.3) is 11.8 Å². The summed E-state index contributed by atoms with van der Waals surface area (Å²) < 4.78 is 5.39. The summed E-state index contributed by atoms with van der Waals surface area (Å²) in [5.41, 5.74) is 3.74. The molecule has 0 radical (unpaired) electrons. The fourth-order valence-electron chi connectivity index (χ4n) is 3.54. The van der Waals surface area contributed by atoms with Gasteiger partial charge in [0.05, 0.1) is 13.2 Å². The number of carbonyl (C=O) groups excluding carboxylic acids is 2. The highest BCUT2D eigenvalue weighted by molar-refractivity contribution is 7.13. The molecule has 1 aliphatic carbocycles. The number of benzene rings is 2. The molecular formula is C24H24N4O3S. The molecule has 1 saturated heterocycles. The smallest absolute Gasteiger partial charge is 0.275 e. The maximum Gasteiger partial charge on any atom is 0.275 e. The second-order valence-electron chi connectivity index (χ2n) is 7.96. The molecule has 0 atom stereocenters. The second kappa shape index (κ2) is 9.10. The summed E-state index contributed by atoms with van der Waals surface area (Å²) in [7, 11) is 0. The third-order valence-electron chi connectivity index (χ3n) is 5.54. The quantitative estimate of drug-likeness (QED) is 0.600. The summed E-state index contributed by atoms with van der Waals surface area (Å²) in [5.74, 6) is -0.287. The summed E-state index contributed by atoms with van der Waals surface area (Å²) >= 11 is 1.41. The first kappa shape index (κ1) is 20.7. The molecule has 8 heteroatoms. The van der Waals surface area contributed by atoms with E-state index in [0.717, 1.165) is 61.1 Å². The largest absolute Gasteiger partial charge is 0.378 e. The summed E-state index contributed by atoms with van der Waals surface area (Å²) in [6.07, 6.45) is 2.12. The van der Waals surface area contributed by atoms with Crippen LogP contribution in [0.25, 0.3) is 10.6 Å². The lowest BCUT2D eigenvalue weighted by Crippen LogP contribution is -2.36. The molecule has 7 nitrogen and oxygen atoms in total. The van der Waals surface area contributed by atoms with Gasteiger partial charge in [-0.3, -0.25) is 9.59 Å². The van der Waals surface area contributed by atoms with Crippen LogP contribution in [0.1, 0.15) is 33.7 Å². The summed E-state index contributed by atoms with van der Waals surface area (Å²) in [4.78, 5) is 31.5. The number of nitrogens with one attached hydrogen (secondary N) is 2. The first-order chi connectivity index (χ1) is 15.7. The Labute approximate surface area is 190 Å². The number of hydrogen-bond donors (Lipinski definition) is 2. The molecule has 2 aromatic carbocycles. The van der Waals surface area contributed by atoms with Crippen molar-refractivity contribution in [3.63, 3.8) is 0 Å². The van der Waals surface area contributed by atoms with Crippen LogP contribution >= 0.6 is 11.3 Å². The predicted octanol–water partition coefficient (Wildman–Crippen LogP) is 3.79. The van der Waals surface area contributed by atoms with Crippen molar-refractivity contribution in [1.82, 2.24) is 10.3 Å². The minimum absolute atomic E-state index is 0.0436. The van der Waals surface area contributed by atoms with Gasteiger partial charge in [-0.2, -0.15) is 0 Å². The van der Waals surface area contributed by atoms with Crippen molar-refractivity contribution in [2.75, 3.05) is 36.5 Å². The maximum atomic E-state index is 12.7. The van der Waals surface area contributed by atoms with Gasteiger partial charge in [-0.25, -0.2) is 4.98 Å². The molecule has 1 aliphatic heterocycles. The highest BCUT2D eigenvalue weighted by Crippen LogP contribution is 2.26. The van der Waals surface area contributed by atoms with Crippen LogP contribution in [0, 0.1) is 0 Å². The number of thiazole rings is 1. The first-order valence-corrected chi connectivity index (χ1v) is 11.6. The van der Waals surface area contributed by atoms with Gasteiger partial charge in [0, 0.05) is 47.0 Å². The molecule has 2 amide bonds. The van der Waals surface area contributed by atoms with Gasteiger partial charge in [0.2, 0.25) is 0 Å². The Morgan fingerprint density at radius 3 is 2.38 bits per heavy atom. The molecule has 0 spiro atoms. The summed E-state index contributed by atoms with van der Waals surface area (Å²) in [6.45, 7) is 3.22. The predicted molar refractivity (Wildman–Crippen MR) is 125 cm³/mol. The van der Waals surface area contributed by atoms with E-state index in [1.165, 1.54) is 11.3 Å². The molecule has 2 heterocycles. The van der Waals surface area contributed by atoms with Crippen molar-refractivity contribution in [2.45, 2.75) is 18.9 Å². The number of nitrogens with zero attached hydrogens (tertiary/aromatic N) is 2. The average molecular weight is 449 g/mol. The number of carbonyl (C=O) groups is 2. The third-order valence-corrected chi connectivity index (χ3v) is 6.44. The molecule has 2 aliphatic rings. The average Bonchev–Trinajstić information content (AvgIpc) is 3.51. The fraction of sp³-hybridized carbons (Fsp3) is 0.292. The minimum atomic E-state index is -0.243. The van der Waals surface area contributed by atoms with Crippen molar-refractivity contribution >= 4 is 34.5 Å². The number of hydrogen-bond acceptors (Lipinski definition) is 6. The molecular weight excluding hydrogens is 424 g/mol. The molecule has 2 fully saturated rings. The van der Waals surface area contributed by atoms with Crippen molar-refractivity contribution < 1.29 is 14.3 Å². The summed E-state index contributed by atoms with van der Waals surface area (Å²) in [6, 6.07) is 15.5. The molecule has 164 valence electrons. The van der Waals surface area contributed by atoms with Crippen molar-refractivity contribution in [1.29, 1.82) is 0 Å². The molecule has 2 N–H and O–H groups in total.